The number of rotatable bonds is 2. The molecule has 1 amide bonds. The number of anilines is 1. The summed E-state index contributed by atoms with van der Waals surface area (Å²) < 4.78 is 20.8. The smallest absolute Gasteiger partial charge is 0.467 e. The van der Waals surface area contributed by atoms with Crippen molar-refractivity contribution >= 4 is 23.9 Å². The van der Waals surface area contributed by atoms with Crippen molar-refractivity contribution < 1.29 is 33.3 Å². The Balaban J connectivity index is 2.38. The molecule has 0 aromatic heterocycles. The highest BCUT2D eigenvalue weighted by Crippen LogP contribution is 2.35. The highest BCUT2D eigenvalue weighted by molar-refractivity contribution is 5.97. The van der Waals surface area contributed by atoms with Gasteiger partial charge in [-0.3, -0.25) is 4.90 Å². The monoisotopic (exact) mass is 407 g/mol. The van der Waals surface area contributed by atoms with E-state index >= 15 is 0 Å². The van der Waals surface area contributed by atoms with E-state index in [1.807, 2.05) is 0 Å². The number of carbonyl (C=O) groups excluding carboxylic acids is 3. The van der Waals surface area contributed by atoms with Gasteiger partial charge in [0.2, 0.25) is 0 Å². The fourth-order valence-corrected chi connectivity index (χ4v) is 2.90. The summed E-state index contributed by atoms with van der Waals surface area (Å²) in [6.45, 7) is 10.4. The SMILES string of the molecule is COC(=O)C1CCc2ccc(OC(=O)OC(C)(C)C)cc2N1C(=O)OC(C)(C)C. The summed E-state index contributed by atoms with van der Waals surface area (Å²) in [5, 5.41) is 0. The van der Waals surface area contributed by atoms with Gasteiger partial charge in [-0.1, -0.05) is 6.07 Å². The summed E-state index contributed by atoms with van der Waals surface area (Å²) >= 11 is 0. The number of ether oxygens (including phenoxy) is 4. The molecule has 0 saturated carbocycles. The van der Waals surface area contributed by atoms with Crippen LogP contribution in [0.3, 0.4) is 0 Å². The molecule has 0 bridgehead atoms. The van der Waals surface area contributed by atoms with Gasteiger partial charge in [0, 0.05) is 6.07 Å². The zero-order valence-corrected chi connectivity index (χ0v) is 18.0. The Bertz CT molecular complexity index is 789. The number of fused-ring (bicyclic) bond motifs is 1. The van der Waals surface area contributed by atoms with E-state index in [2.05, 4.69) is 0 Å². The van der Waals surface area contributed by atoms with Gasteiger partial charge in [-0.2, -0.15) is 0 Å². The van der Waals surface area contributed by atoms with Crippen molar-refractivity contribution in [2.24, 2.45) is 0 Å². The van der Waals surface area contributed by atoms with Crippen LogP contribution < -0.4 is 9.64 Å². The molecule has 8 heteroatoms. The summed E-state index contributed by atoms with van der Waals surface area (Å²) in [4.78, 5) is 38.4. The van der Waals surface area contributed by atoms with Gasteiger partial charge in [0.1, 0.15) is 23.0 Å². The Kier molecular flexibility index (Phi) is 6.45. The molecule has 0 radical (unpaired) electrons. The standard InChI is InChI=1S/C21H29NO7/c1-20(2,3)28-18(24)22-15(17(23)26-7)11-9-13-8-10-14(12-16(13)22)27-19(25)29-21(4,5)6/h8,10,12,15H,9,11H2,1-7H3. The molecule has 0 fully saturated rings. The predicted octanol–water partition coefficient (Wildman–Crippen LogP) is 4.23. The number of aryl methyl sites for hydroxylation is 1. The molecule has 1 aliphatic heterocycles. The highest BCUT2D eigenvalue weighted by atomic mass is 16.7. The molecule has 0 spiro atoms. The van der Waals surface area contributed by atoms with Crippen molar-refractivity contribution in [3.63, 3.8) is 0 Å². The highest BCUT2D eigenvalue weighted by Gasteiger charge is 2.39. The minimum absolute atomic E-state index is 0.192. The van der Waals surface area contributed by atoms with Gasteiger partial charge in [-0.05, 0) is 66.0 Å². The fourth-order valence-electron chi connectivity index (χ4n) is 2.90. The Labute approximate surface area is 171 Å². The van der Waals surface area contributed by atoms with E-state index in [0.29, 0.717) is 18.5 Å². The van der Waals surface area contributed by atoms with Crippen LogP contribution in [0.1, 0.15) is 53.5 Å². The fraction of sp³-hybridized carbons (Fsp3) is 0.571. The third-order valence-electron chi connectivity index (χ3n) is 3.97. The number of amides is 1. The van der Waals surface area contributed by atoms with Gasteiger partial charge < -0.3 is 18.9 Å². The molecule has 1 aromatic rings. The van der Waals surface area contributed by atoms with Crippen LogP contribution in [-0.2, 0) is 25.4 Å². The second kappa shape index (κ2) is 8.31. The normalized spacial score (nSPS) is 16.5. The molecule has 0 aliphatic carbocycles. The third kappa shape index (κ3) is 6.10. The zero-order chi connectivity index (χ0) is 22.0. The Morgan fingerprint density at radius 3 is 2.17 bits per heavy atom. The van der Waals surface area contributed by atoms with Gasteiger partial charge in [0.05, 0.1) is 12.8 Å². The molecule has 1 heterocycles. The van der Waals surface area contributed by atoms with Crippen molar-refractivity contribution in [2.75, 3.05) is 12.0 Å². The van der Waals surface area contributed by atoms with Gasteiger partial charge in [0.15, 0.2) is 0 Å². The summed E-state index contributed by atoms with van der Waals surface area (Å²) in [6, 6.07) is 4.06. The summed E-state index contributed by atoms with van der Waals surface area (Å²) in [6.07, 6.45) is -0.586. The Hall–Kier alpha value is -2.77. The molecular weight excluding hydrogens is 378 g/mol. The largest absolute Gasteiger partial charge is 0.514 e. The molecule has 1 unspecified atom stereocenters. The van der Waals surface area contributed by atoms with Gasteiger partial charge >= 0.3 is 18.2 Å². The molecule has 1 aromatic carbocycles. The van der Waals surface area contributed by atoms with E-state index in [4.69, 9.17) is 18.9 Å². The van der Waals surface area contributed by atoms with Gasteiger partial charge in [-0.25, -0.2) is 14.4 Å². The lowest BCUT2D eigenvalue weighted by molar-refractivity contribution is -0.142. The summed E-state index contributed by atoms with van der Waals surface area (Å²) in [7, 11) is 1.27. The molecule has 1 atom stereocenters. The van der Waals surface area contributed by atoms with Crippen molar-refractivity contribution in [3.05, 3.63) is 23.8 Å². The molecule has 1 aliphatic rings. The number of hydrogen-bond acceptors (Lipinski definition) is 7. The Morgan fingerprint density at radius 2 is 1.62 bits per heavy atom. The average Bonchev–Trinajstić information content (AvgIpc) is 2.56. The van der Waals surface area contributed by atoms with Crippen molar-refractivity contribution in [3.8, 4) is 5.75 Å². The van der Waals surface area contributed by atoms with Crippen LogP contribution in [0.5, 0.6) is 5.75 Å². The number of methoxy groups -OCH3 is 1. The number of benzene rings is 1. The van der Waals surface area contributed by atoms with Crippen LogP contribution in [0.25, 0.3) is 0 Å². The van der Waals surface area contributed by atoms with Crippen LogP contribution in [0, 0.1) is 0 Å². The minimum atomic E-state index is -0.860. The van der Waals surface area contributed by atoms with Crippen molar-refractivity contribution in [1.29, 1.82) is 0 Å². The molecular formula is C21H29NO7. The van der Waals surface area contributed by atoms with E-state index in [0.717, 1.165) is 5.56 Å². The van der Waals surface area contributed by atoms with E-state index in [9.17, 15) is 14.4 Å². The lowest BCUT2D eigenvalue weighted by atomic mass is 9.96. The zero-order valence-electron chi connectivity index (χ0n) is 18.0. The minimum Gasteiger partial charge on any atom is -0.467 e. The molecule has 8 nitrogen and oxygen atoms in total. The maximum absolute atomic E-state index is 12.9. The first-order valence-corrected chi connectivity index (χ1v) is 9.44. The van der Waals surface area contributed by atoms with E-state index < -0.39 is 35.5 Å². The number of esters is 1. The predicted molar refractivity (Wildman–Crippen MR) is 106 cm³/mol. The van der Waals surface area contributed by atoms with Crippen LogP contribution in [0.15, 0.2) is 18.2 Å². The van der Waals surface area contributed by atoms with Crippen LogP contribution in [-0.4, -0.2) is 42.6 Å². The lowest BCUT2D eigenvalue weighted by Gasteiger charge is -2.36. The van der Waals surface area contributed by atoms with E-state index in [1.54, 1.807) is 53.7 Å². The molecule has 0 saturated heterocycles. The van der Waals surface area contributed by atoms with E-state index in [-0.39, 0.29) is 5.75 Å². The first-order valence-electron chi connectivity index (χ1n) is 9.44. The number of carbonyl (C=O) groups is 3. The second-order valence-corrected chi connectivity index (χ2v) is 8.78. The maximum Gasteiger partial charge on any atom is 0.514 e. The number of nitrogens with zero attached hydrogens (tertiary/aromatic N) is 1. The lowest BCUT2D eigenvalue weighted by Crippen LogP contribution is -2.50. The first-order chi connectivity index (χ1) is 13.3. The molecule has 29 heavy (non-hydrogen) atoms. The van der Waals surface area contributed by atoms with Crippen LogP contribution in [0.2, 0.25) is 0 Å². The van der Waals surface area contributed by atoms with Crippen molar-refractivity contribution in [1.82, 2.24) is 0 Å². The Morgan fingerprint density at radius 1 is 1.00 bits per heavy atom. The molecule has 160 valence electrons. The van der Waals surface area contributed by atoms with Gasteiger partial charge in [0.25, 0.3) is 0 Å². The maximum atomic E-state index is 12.9. The van der Waals surface area contributed by atoms with Crippen LogP contribution in [0.4, 0.5) is 15.3 Å². The molecule has 0 N–H and O–H groups in total. The first kappa shape index (κ1) is 22.5. The average molecular weight is 407 g/mol. The summed E-state index contributed by atoms with van der Waals surface area (Å²) in [5.74, 6) is -0.350. The van der Waals surface area contributed by atoms with E-state index in [1.165, 1.54) is 18.1 Å². The number of hydrogen-bond donors (Lipinski definition) is 0. The van der Waals surface area contributed by atoms with Gasteiger partial charge in [-0.15, -0.1) is 0 Å². The van der Waals surface area contributed by atoms with Crippen LogP contribution >= 0.6 is 0 Å². The third-order valence-corrected chi connectivity index (χ3v) is 3.97. The topological polar surface area (TPSA) is 91.4 Å². The van der Waals surface area contributed by atoms with Crippen molar-refractivity contribution in [2.45, 2.75) is 71.6 Å². The summed E-state index contributed by atoms with van der Waals surface area (Å²) in [5.41, 5.74) is -0.196. The molecule has 2 rings (SSSR count). The second-order valence-electron chi connectivity index (χ2n) is 8.78. The quantitative estimate of drug-likeness (QED) is 0.411.